The van der Waals surface area contributed by atoms with Gasteiger partial charge in [0.15, 0.2) is 0 Å². The summed E-state index contributed by atoms with van der Waals surface area (Å²) in [6, 6.07) is 0. The summed E-state index contributed by atoms with van der Waals surface area (Å²) >= 11 is 5.82. The second-order valence-electron chi connectivity index (χ2n) is 2.66. The van der Waals surface area contributed by atoms with Gasteiger partial charge in [0.2, 0.25) is 0 Å². The molecule has 1 aromatic rings. The molecule has 0 atom stereocenters. The molecule has 1 aromatic heterocycles. The zero-order valence-corrected chi connectivity index (χ0v) is 6.65. The van der Waals surface area contributed by atoms with Crippen molar-refractivity contribution in [2.45, 2.75) is 26.3 Å². The lowest BCUT2D eigenvalue weighted by molar-refractivity contribution is 0.729. The van der Waals surface area contributed by atoms with E-state index < -0.39 is 0 Å². The van der Waals surface area contributed by atoms with Gasteiger partial charge in [-0.1, -0.05) is 11.6 Å². The summed E-state index contributed by atoms with van der Waals surface area (Å²) in [4.78, 5) is 4.22. The molecule has 0 saturated heterocycles. The maximum Gasteiger partial charge on any atom is 0.150 e. The predicted molar refractivity (Wildman–Crippen MR) is 40.3 cm³/mol. The number of hydrogen-bond acceptors (Lipinski definition) is 1. The summed E-state index contributed by atoms with van der Waals surface area (Å²) in [5.74, 6) is 1.16. The number of nitrogens with zero attached hydrogens (tertiary/aromatic N) is 2. The van der Waals surface area contributed by atoms with Gasteiger partial charge in [-0.3, -0.25) is 0 Å². The third-order valence-corrected chi connectivity index (χ3v) is 2.38. The molecule has 2 heterocycles. The van der Waals surface area contributed by atoms with Crippen molar-refractivity contribution in [3.8, 4) is 0 Å². The molecule has 1 aliphatic heterocycles. The Balaban J connectivity index is 2.59. The molecule has 10 heavy (non-hydrogen) atoms. The Morgan fingerprint density at radius 1 is 1.60 bits per heavy atom. The molecule has 0 amide bonds. The molecule has 0 radical (unpaired) electrons. The lowest BCUT2D eigenvalue weighted by Crippen LogP contribution is -1.93. The largest absolute Gasteiger partial charge is 0.331 e. The van der Waals surface area contributed by atoms with Crippen LogP contribution in [0.4, 0.5) is 0 Å². The van der Waals surface area contributed by atoms with Crippen molar-refractivity contribution in [2.24, 2.45) is 0 Å². The summed E-state index contributed by atoms with van der Waals surface area (Å²) < 4.78 is 2.20. The van der Waals surface area contributed by atoms with Crippen molar-refractivity contribution in [3.63, 3.8) is 0 Å². The van der Waals surface area contributed by atoms with Crippen LogP contribution in [0.1, 0.15) is 17.9 Å². The van der Waals surface area contributed by atoms with Crippen molar-refractivity contribution < 1.29 is 0 Å². The van der Waals surface area contributed by atoms with Crippen molar-refractivity contribution in [1.29, 1.82) is 0 Å². The topological polar surface area (TPSA) is 17.8 Å². The fourth-order valence-corrected chi connectivity index (χ4v) is 1.64. The van der Waals surface area contributed by atoms with Crippen LogP contribution in [-0.2, 0) is 13.0 Å². The van der Waals surface area contributed by atoms with Gasteiger partial charge in [0.1, 0.15) is 11.0 Å². The molecule has 0 spiro atoms. The van der Waals surface area contributed by atoms with Gasteiger partial charge in [-0.15, -0.1) is 0 Å². The van der Waals surface area contributed by atoms with Crippen molar-refractivity contribution in [2.75, 3.05) is 0 Å². The summed E-state index contributed by atoms with van der Waals surface area (Å²) in [5.41, 5.74) is 1.12. The number of fused-ring (bicyclic) bond motifs is 1. The number of imidazole rings is 1. The molecular weight excluding hydrogens is 148 g/mol. The lowest BCUT2D eigenvalue weighted by atomic mass is 10.4. The quantitative estimate of drug-likeness (QED) is 0.560. The summed E-state index contributed by atoms with van der Waals surface area (Å²) in [6.07, 6.45) is 2.31. The van der Waals surface area contributed by atoms with E-state index in [2.05, 4.69) is 9.55 Å². The van der Waals surface area contributed by atoms with Crippen LogP contribution in [-0.4, -0.2) is 9.55 Å². The van der Waals surface area contributed by atoms with E-state index in [-0.39, 0.29) is 0 Å². The Morgan fingerprint density at radius 2 is 2.40 bits per heavy atom. The highest BCUT2D eigenvalue weighted by Crippen LogP contribution is 2.21. The molecule has 0 saturated carbocycles. The van der Waals surface area contributed by atoms with Crippen LogP contribution in [0.5, 0.6) is 0 Å². The van der Waals surface area contributed by atoms with Crippen LogP contribution >= 0.6 is 11.6 Å². The lowest BCUT2D eigenvalue weighted by Gasteiger charge is -1.96. The van der Waals surface area contributed by atoms with Gasteiger partial charge in [0.25, 0.3) is 0 Å². The number of aromatic nitrogens is 2. The highest BCUT2D eigenvalue weighted by atomic mass is 35.5. The number of halogens is 1. The van der Waals surface area contributed by atoms with Gasteiger partial charge in [-0.2, -0.15) is 0 Å². The first kappa shape index (κ1) is 6.23. The fourth-order valence-electron chi connectivity index (χ4n) is 1.44. The normalized spacial score (nSPS) is 15.8. The molecule has 0 bridgehead atoms. The molecular formula is C7H9ClN2. The number of rotatable bonds is 0. The van der Waals surface area contributed by atoms with E-state index in [0.717, 1.165) is 24.5 Å². The maximum absolute atomic E-state index is 5.82. The van der Waals surface area contributed by atoms with Crippen LogP contribution < -0.4 is 0 Å². The third-order valence-electron chi connectivity index (χ3n) is 2.02. The first-order chi connectivity index (χ1) is 4.79. The van der Waals surface area contributed by atoms with Gasteiger partial charge >= 0.3 is 0 Å². The Kier molecular flexibility index (Phi) is 1.24. The average molecular weight is 157 g/mol. The first-order valence-corrected chi connectivity index (χ1v) is 3.88. The van der Waals surface area contributed by atoms with E-state index >= 15 is 0 Å². The van der Waals surface area contributed by atoms with Crippen molar-refractivity contribution >= 4 is 11.6 Å². The fraction of sp³-hybridized carbons (Fsp3) is 0.571. The second kappa shape index (κ2) is 1.99. The molecule has 3 heteroatoms. The van der Waals surface area contributed by atoms with Crippen LogP contribution in [0.15, 0.2) is 0 Å². The zero-order valence-electron chi connectivity index (χ0n) is 5.89. The van der Waals surface area contributed by atoms with Crippen LogP contribution in [0.2, 0.25) is 5.15 Å². The number of hydrogen-bond donors (Lipinski definition) is 0. The van der Waals surface area contributed by atoms with Crippen molar-refractivity contribution in [1.82, 2.24) is 9.55 Å². The molecule has 54 valence electrons. The van der Waals surface area contributed by atoms with Crippen LogP contribution in [0.3, 0.4) is 0 Å². The summed E-state index contributed by atoms with van der Waals surface area (Å²) in [5, 5.41) is 0.676. The summed E-state index contributed by atoms with van der Waals surface area (Å²) in [7, 11) is 0. The maximum atomic E-state index is 5.82. The van der Waals surface area contributed by atoms with Gasteiger partial charge in [-0.25, -0.2) is 4.98 Å². The highest BCUT2D eigenvalue weighted by molar-refractivity contribution is 6.30. The Hall–Kier alpha value is -0.500. The molecule has 1 aliphatic rings. The predicted octanol–water partition coefficient (Wildman–Crippen LogP) is 1.79. The van der Waals surface area contributed by atoms with E-state index in [1.807, 2.05) is 6.92 Å². The van der Waals surface area contributed by atoms with E-state index in [0.29, 0.717) is 5.15 Å². The smallest absolute Gasteiger partial charge is 0.150 e. The van der Waals surface area contributed by atoms with Crippen molar-refractivity contribution in [3.05, 3.63) is 16.7 Å². The second-order valence-corrected chi connectivity index (χ2v) is 3.02. The van der Waals surface area contributed by atoms with Gasteiger partial charge < -0.3 is 4.57 Å². The molecule has 0 unspecified atom stereocenters. The standard InChI is InChI=1S/C7H9ClN2/c1-5-7(8)9-6-3-2-4-10(5)6/h2-4H2,1H3. The van der Waals surface area contributed by atoms with Crippen LogP contribution in [0.25, 0.3) is 0 Å². The summed E-state index contributed by atoms with van der Waals surface area (Å²) in [6.45, 7) is 3.12. The highest BCUT2D eigenvalue weighted by Gasteiger charge is 2.16. The zero-order chi connectivity index (χ0) is 7.14. The van der Waals surface area contributed by atoms with Gasteiger partial charge in [0.05, 0.1) is 5.69 Å². The Bertz CT molecular complexity index is 265. The molecule has 2 rings (SSSR count). The monoisotopic (exact) mass is 156 g/mol. The number of aryl methyl sites for hydroxylation is 1. The molecule has 0 aromatic carbocycles. The van der Waals surface area contributed by atoms with E-state index in [9.17, 15) is 0 Å². The third kappa shape index (κ3) is 0.686. The average Bonchev–Trinajstić information content (AvgIpc) is 2.41. The Morgan fingerprint density at radius 3 is 3.10 bits per heavy atom. The minimum Gasteiger partial charge on any atom is -0.331 e. The van der Waals surface area contributed by atoms with Crippen LogP contribution in [0, 0.1) is 6.92 Å². The minimum atomic E-state index is 0.676. The molecule has 0 fully saturated rings. The molecule has 2 nitrogen and oxygen atoms in total. The molecule has 0 N–H and O–H groups in total. The Labute approximate surface area is 64.8 Å². The molecule has 0 aliphatic carbocycles. The van der Waals surface area contributed by atoms with E-state index in [1.165, 1.54) is 6.42 Å². The van der Waals surface area contributed by atoms with Gasteiger partial charge in [0, 0.05) is 13.0 Å². The minimum absolute atomic E-state index is 0.676. The first-order valence-electron chi connectivity index (χ1n) is 3.50. The van der Waals surface area contributed by atoms with Gasteiger partial charge in [-0.05, 0) is 13.3 Å². The van der Waals surface area contributed by atoms with E-state index in [4.69, 9.17) is 11.6 Å². The SMILES string of the molecule is Cc1c(Cl)nc2n1CCC2. The van der Waals surface area contributed by atoms with E-state index in [1.54, 1.807) is 0 Å².